The Morgan fingerprint density at radius 2 is 1.93 bits per heavy atom. The highest BCUT2D eigenvalue weighted by Crippen LogP contribution is 2.25. The third kappa shape index (κ3) is 4.32. The van der Waals surface area contributed by atoms with E-state index in [4.69, 9.17) is 0 Å². The van der Waals surface area contributed by atoms with E-state index < -0.39 is 11.9 Å². The van der Waals surface area contributed by atoms with Gasteiger partial charge in [-0.2, -0.15) is 0 Å². The van der Waals surface area contributed by atoms with Gasteiger partial charge in [-0.05, 0) is 12.3 Å². The molecule has 1 saturated carbocycles. The first-order valence-corrected chi connectivity index (χ1v) is 5.60. The minimum Gasteiger partial charge on any atom is -0.462 e. The Morgan fingerprint density at radius 3 is 2.53 bits per heavy atom. The summed E-state index contributed by atoms with van der Waals surface area (Å²) in [4.78, 5) is 21.8. The van der Waals surface area contributed by atoms with E-state index in [2.05, 4.69) is 10.1 Å². The smallest absolute Gasteiger partial charge is 0.396 e. The van der Waals surface area contributed by atoms with Crippen molar-refractivity contribution >= 4 is 11.9 Å². The Morgan fingerprint density at radius 1 is 1.27 bits per heavy atom. The van der Waals surface area contributed by atoms with Crippen LogP contribution in [0.4, 0.5) is 0 Å². The van der Waals surface area contributed by atoms with Crippen molar-refractivity contribution in [2.45, 2.75) is 38.5 Å². The molecule has 4 heteroatoms. The lowest BCUT2D eigenvalue weighted by Gasteiger charge is -2.21. The van der Waals surface area contributed by atoms with Gasteiger partial charge in [0.2, 0.25) is 0 Å². The monoisotopic (exact) mass is 213 g/mol. The average Bonchev–Trinajstić information content (AvgIpc) is 2.29. The molecule has 1 fully saturated rings. The average molecular weight is 213 g/mol. The number of ether oxygens (including phenoxy) is 1. The second-order valence-electron chi connectivity index (χ2n) is 4.04. The zero-order valence-corrected chi connectivity index (χ0v) is 9.25. The molecule has 1 amide bonds. The Bertz CT molecular complexity index is 222. The lowest BCUT2D eigenvalue weighted by Crippen LogP contribution is -2.33. The van der Waals surface area contributed by atoms with Crippen molar-refractivity contribution in [1.82, 2.24) is 5.32 Å². The van der Waals surface area contributed by atoms with Crippen LogP contribution in [-0.2, 0) is 14.3 Å². The molecule has 0 aromatic rings. The zero-order valence-electron chi connectivity index (χ0n) is 9.25. The largest absolute Gasteiger partial charge is 0.462 e. The summed E-state index contributed by atoms with van der Waals surface area (Å²) in [5.74, 6) is -0.719. The summed E-state index contributed by atoms with van der Waals surface area (Å²) in [5, 5.41) is 2.57. The van der Waals surface area contributed by atoms with Crippen LogP contribution in [0.2, 0.25) is 0 Å². The highest BCUT2D eigenvalue weighted by molar-refractivity contribution is 6.32. The van der Waals surface area contributed by atoms with Crippen LogP contribution in [-0.4, -0.2) is 25.5 Å². The van der Waals surface area contributed by atoms with Gasteiger partial charge in [-0.15, -0.1) is 0 Å². The van der Waals surface area contributed by atoms with Crippen LogP contribution < -0.4 is 5.32 Å². The molecule has 0 saturated heterocycles. The molecule has 0 unspecified atom stereocenters. The Labute approximate surface area is 90.4 Å². The molecule has 0 bridgehead atoms. The number of carbonyl (C=O) groups excluding carboxylic acids is 2. The van der Waals surface area contributed by atoms with Gasteiger partial charge in [0.05, 0.1) is 7.11 Å². The quantitative estimate of drug-likeness (QED) is 0.567. The number of methoxy groups -OCH3 is 1. The summed E-state index contributed by atoms with van der Waals surface area (Å²) in [7, 11) is 1.21. The minimum atomic E-state index is -0.807. The van der Waals surface area contributed by atoms with Gasteiger partial charge >= 0.3 is 11.9 Å². The Balaban J connectivity index is 2.09. The summed E-state index contributed by atoms with van der Waals surface area (Å²) >= 11 is 0. The van der Waals surface area contributed by atoms with E-state index in [1.807, 2.05) is 0 Å². The van der Waals surface area contributed by atoms with Gasteiger partial charge in [-0.25, -0.2) is 4.79 Å². The molecule has 0 spiro atoms. The molecule has 4 nitrogen and oxygen atoms in total. The normalized spacial score (nSPS) is 17.1. The van der Waals surface area contributed by atoms with Crippen LogP contribution in [0.1, 0.15) is 38.5 Å². The maximum atomic E-state index is 11.0. The van der Waals surface area contributed by atoms with E-state index in [9.17, 15) is 9.59 Å². The van der Waals surface area contributed by atoms with Gasteiger partial charge in [0.1, 0.15) is 0 Å². The maximum absolute atomic E-state index is 11.0. The zero-order chi connectivity index (χ0) is 11.1. The van der Waals surface area contributed by atoms with Gasteiger partial charge < -0.3 is 10.1 Å². The summed E-state index contributed by atoms with van der Waals surface area (Å²) in [5.41, 5.74) is 0. The standard InChI is InChI=1S/C11H19NO3/c1-15-11(14)10(13)12-8-7-9-5-3-2-4-6-9/h9H,2-8H2,1H3,(H,12,13). The van der Waals surface area contributed by atoms with E-state index in [-0.39, 0.29) is 0 Å². The third-order valence-electron chi connectivity index (χ3n) is 2.93. The van der Waals surface area contributed by atoms with Gasteiger partial charge in [0.25, 0.3) is 0 Å². The predicted molar refractivity (Wildman–Crippen MR) is 56.2 cm³/mol. The molecule has 1 aliphatic carbocycles. The molecule has 0 radical (unpaired) electrons. The number of hydrogen-bond acceptors (Lipinski definition) is 3. The summed E-state index contributed by atoms with van der Waals surface area (Å²) in [6, 6.07) is 0. The van der Waals surface area contributed by atoms with Crippen molar-refractivity contribution in [2.24, 2.45) is 5.92 Å². The highest BCUT2D eigenvalue weighted by Gasteiger charge is 2.15. The molecular formula is C11H19NO3. The van der Waals surface area contributed by atoms with Gasteiger partial charge in [-0.3, -0.25) is 4.79 Å². The predicted octanol–water partition coefficient (Wildman–Crippen LogP) is 1.25. The molecule has 86 valence electrons. The molecular weight excluding hydrogens is 194 g/mol. The van der Waals surface area contributed by atoms with Gasteiger partial charge in [0.15, 0.2) is 0 Å². The van der Waals surface area contributed by atoms with E-state index in [1.165, 1.54) is 39.2 Å². The number of rotatable bonds is 3. The van der Waals surface area contributed by atoms with E-state index in [1.54, 1.807) is 0 Å². The van der Waals surface area contributed by atoms with Crippen molar-refractivity contribution in [2.75, 3.05) is 13.7 Å². The molecule has 0 heterocycles. The maximum Gasteiger partial charge on any atom is 0.396 e. The first-order valence-electron chi connectivity index (χ1n) is 5.60. The van der Waals surface area contributed by atoms with E-state index in [0.717, 1.165) is 12.3 Å². The first kappa shape index (κ1) is 12.0. The van der Waals surface area contributed by atoms with Crippen LogP contribution in [0.25, 0.3) is 0 Å². The fraction of sp³-hybridized carbons (Fsp3) is 0.818. The molecule has 0 aliphatic heterocycles. The molecule has 1 aliphatic rings. The Hall–Kier alpha value is -1.06. The lowest BCUT2D eigenvalue weighted by atomic mass is 9.87. The second-order valence-corrected chi connectivity index (χ2v) is 4.04. The van der Waals surface area contributed by atoms with Crippen molar-refractivity contribution in [3.05, 3.63) is 0 Å². The highest BCUT2D eigenvalue weighted by atomic mass is 16.5. The van der Waals surface area contributed by atoms with E-state index >= 15 is 0 Å². The van der Waals surface area contributed by atoms with Crippen molar-refractivity contribution < 1.29 is 14.3 Å². The van der Waals surface area contributed by atoms with Crippen molar-refractivity contribution in [1.29, 1.82) is 0 Å². The van der Waals surface area contributed by atoms with Crippen LogP contribution in [0.5, 0.6) is 0 Å². The third-order valence-corrected chi connectivity index (χ3v) is 2.93. The first-order chi connectivity index (χ1) is 7.24. The van der Waals surface area contributed by atoms with Crippen LogP contribution in [0.3, 0.4) is 0 Å². The molecule has 1 N–H and O–H groups in total. The van der Waals surface area contributed by atoms with Crippen LogP contribution in [0.15, 0.2) is 0 Å². The minimum absolute atomic E-state index is 0.582. The Kier molecular flexibility index (Phi) is 5.15. The van der Waals surface area contributed by atoms with Crippen molar-refractivity contribution in [3.63, 3.8) is 0 Å². The second kappa shape index (κ2) is 6.43. The van der Waals surface area contributed by atoms with Crippen molar-refractivity contribution in [3.8, 4) is 0 Å². The number of carbonyl (C=O) groups is 2. The number of amides is 1. The molecule has 1 rings (SSSR count). The fourth-order valence-corrected chi connectivity index (χ4v) is 2.03. The van der Waals surface area contributed by atoms with Crippen LogP contribution in [0, 0.1) is 5.92 Å². The molecule has 0 aromatic carbocycles. The molecule has 15 heavy (non-hydrogen) atoms. The van der Waals surface area contributed by atoms with Gasteiger partial charge in [0, 0.05) is 6.54 Å². The van der Waals surface area contributed by atoms with Gasteiger partial charge in [-0.1, -0.05) is 32.1 Å². The number of nitrogens with one attached hydrogen (secondary N) is 1. The lowest BCUT2D eigenvalue weighted by molar-refractivity contribution is -0.152. The van der Waals surface area contributed by atoms with E-state index in [0.29, 0.717) is 6.54 Å². The summed E-state index contributed by atoms with van der Waals surface area (Å²) < 4.78 is 4.30. The topological polar surface area (TPSA) is 55.4 Å². The fourth-order valence-electron chi connectivity index (χ4n) is 2.03. The van der Waals surface area contributed by atoms with Crippen LogP contribution >= 0.6 is 0 Å². The number of esters is 1. The SMILES string of the molecule is COC(=O)C(=O)NCCC1CCCCC1. The summed E-state index contributed by atoms with van der Waals surface area (Å²) in [6.45, 7) is 0.582. The number of hydrogen-bond donors (Lipinski definition) is 1. The summed E-state index contributed by atoms with van der Waals surface area (Å²) in [6.07, 6.45) is 7.43. The molecule has 0 aromatic heterocycles. The molecule has 0 atom stereocenters.